The SMILES string of the molecule is Cc1ccnn1CCCCC(C)(C#N)NC1CC1. The Morgan fingerprint density at radius 3 is 2.89 bits per heavy atom. The highest BCUT2D eigenvalue weighted by molar-refractivity contribution is 5.07. The highest BCUT2D eigenvalue weighted by atomic mass is 15.3. The lowest BCUT2D eigenvalue weighted by Gasteiger charge is -2.23. The number of nitriles is 1. The Balaban J connectivity index is 1.70. The van der Waals surface area contributed by atoms with Crippen molar-refractivity contribution in [1.29, 1.82) is 5.26 Å². The number of nitrogens with one attached hydrogen (secondary N) is 1. The van der Waals surface area contributed by atoms with Gasteiger partial charge in [-0.25, -0.2) is 0 Å². The minimum absolute atomic E-state index is 0.347. The molecule has 0 amide bonds. The molecule has 0 radical (unpaired) electrons. The van der Waals surface area contributed by atoms with E-state index in [4.69, 9.17) is 0 Å². The molecule has 1 aliphatic rings. The summed E-state index contributed by atoms with van der Waals surface area (Å²) in [5, 5.41) is 17.0. The number of rotatable bonds is 7. The van der Waals surface area contributed by atoms with Crippen LogP contribution in [0.2, 0.25) is 0 Å². The number of nitrogens with zero attached hydrogens (tertiary/aromatic N) is 3. The van der Waals surface area contributed by atoms with E-state index in [1.54, 1.807) is 0 Å². The van der Waals surface area contributed by atoms with Crippen LogP contribution in [0.25, 0.3) is 0 Å². The molecule has 0 aliphatic heterocycles. The van der Waals surface area contributed by atoms with Crippen LogP contribution in [0.4, 0.5) is 0 Å². The lowest BCUT2D eigenvalue weighted by atomic mass is 9.96. The van der Waals surface area contributed by atoms with Gasteiger partial charge in [0.1, 0.15) is 5.54 Å². The van der Waals surface area contributed by atoms with E-state index in [1.807, 2.05) is 23.9 Å². The molecule has 0 saturated heterocycles. The molecule has 98 valence electrons. The van der Waals surface area contributed by atoms with Crippen molar-refractivity contribution in [1.82, 2.24) is 15.1 Å². The lowest BCUT2D eigenvalue weighted by Crippen LogP contribution is -2.42. The molecule has 1 aromatic heterocycles. The average Bonchev–Trinajstić information content (AvgIpc) is 3.07. The van der Waals surface area contributed by atoms with Crippen molar-refractivity contribution in [2.75, 3.05) is 0 Å². The zero-order valence-electron chi connectivity index (χ0n) is 11.3. The molecule has 0 aromatic carbocycles. The summed E-state index contributed by atoms with van der Waals surface area (Å²) >= 11 is 0. The minimum Gasteiger partial charge on any atom is -0.297 e. The fourth-order valence-corrected chi connectivity index (χ4v) is 2.21. The molecule has 1 unspecified atom stereocenters. The van der Waals surface area contributed by atoms with E-state index in [1.165, 1.54) is 18.5 Å². The van der Waals surface area contributed by atoms with Gasteiger partial charge in [-0.1, -0.05) is 0 Å². The molecule has 4 heteroatoms. The molecule has 1 atom stereocenters. The fraction of sp³-hybridized carbons (Fsp3) is 0.714. The van der Waals surface area contributed by atoms with Crippen molar-refractivity contribution in [2.24, 2.45) is 0 Å². The van der Waals surface area contributed by atoms with Crippen LogP contribution in [0.15, 0.2) is 12.3 Å². The van der Waals surface area contributed by atoms with Crippen molar-refractivity contribution in [2.45, 2.75) is 64.1 Å². The monoisotopic (exact) mass is 246 g/mol. The Hall–Kier alpha value is -1.34. The van der Waals surface area contributed by atoms with E-state index in [0.29, 0.717) is 6.04 Å². The van der Waals surface area contributed by atoms with E-state index in [-0.39, 0.29) is 5.54 Å². The third-order valence-corrected chi connectivity index (χ3v) is 3.57. The first-order chi connectivity index (χ1) is 8.63. The third-order valence-electron chi connectivity index (χ3n) is 3.57. The zero-order valence-corrected chi connectivity index (χ0v) is 11.3. The lowest BCUT2D eigenvalue weighted by molar-refractivity contribution is 0.389. The maximum absolute atomic E-state index is 9.26. The summed E-state index contributed by atoms with van der Waals surface area (Å²) in [7, 11) is 0. The zero-order chi connectivity index (χ0) is 13.0. The topological polar surface area (TPSA) is 53.6 Å². The van der Waals surface area contributed by atoms with Crippen LogP contribution in [0.3, 0.4) is 0 Å². The van der Waals surface area contributed by atoms with Crippen LogP contribution in [-0.4, -0.2) is 21.4 Å². The summed E-state index contributed by atoms with van der Waals surface area (Å²) in [6.07, 6.45) is 7.34. The van der Waals surface area contributed by atoms with Crippen molar-refractivity contribution in [3.8, 4) is 6.07 Å². The average molecular weight is 246 g/mol. The van der Waals surface area contributed by atoms with E-state index < -0.39 is 0 Å². The van der Waals surface area contributed by atoms with Gasteiger partial charge in [-0.3, -0.25) is 10.00 Å². The van der Waals surface area contributed by atoms with Gasteiger partial charge in [-0.05, 0) is 52.0 Å². The summed E-state index contributed by atoms with van der Waals surface area (Å²) in [6.45, 7) is 5.04. The van der Waals surface area contributed by atoms with Gasteiger partial charge < -0.3 is 0 Å². The van der Waals surface area contributed by atoms with Crippen molar-refractivity contribution in [3.63, 3.8) is 0 Å². The Morgan fingerprint density at radius 1 is 1.56 bits per heavy atom. The van der Waals surface area contributed by atoms with Gasteiger partial charge in [0, 0.05) is 24.5 Å². The molecule has 2 rings (SSSR count). The molecule has 1 aliphatic carbocycles. The molecule has 1 heterocycles. The van der Waals surface area contributed by atoms with Gasteiger partial charge in [0.15, 0.2) is 0 Å². The molecular formula is C14H22N4. The Kier molecular flexibility index (Phi) is 4.03. The van der Waals surface area contributed by atoms with Crippen molar-refractivity contribution in [3.05, 3.63) is 18.0 Å². The molecule has 0 spiro atoms. The molecule has 1 fully saturated rings. The van der Waals surface area contributed by atoms with Crippen LogP contribution in [-0.2, 0) is 6.54 Å². The molecule has 18 heavy (non-hydrogen) atoms. The molecule has 1 aromatic rings. The maximum atomic E-state index is 9.26. The molecular weight excluding hydrogens is 224 g/mol. The van der Waals surface area contributed by atoms with Crippen molar-refractivity contribution >= 4 is 0 Å². The summed E-state index contributed by atoms with van der Waals surface area (Å²) in [5.74, 6) is 0. The van der Waals surface area contributed by atoms with Gasteiger partial charge in [0.05, 0.1) is 6.07 Å². The predicted molar refractivity (Wildman–Crippen MR) is 71.0 cm³/mol. The third kappa shape index (κ3) is 3.58. The minimum atomic E-state index is -0.347. The summed E-state index contributed by atoms with van der Waals surface area (Å²) < 4.78 is 2.03. The first-order valence-electron chi connectivity index (χ1n) is 6.80. The van der Waals surface area contributed by atoms with Gasteiger partial charge in [-0.2, -0.15) is 10.4 Å². The second kappa shape index (κ2) is 5.53. The van der Waals surface area contributed by atoms with Crippen LogP contribution < -0.4 is 5.32 Å². The highest BCUT2D eigenvalue weighted by Crippen LogP contribution is 2.24. The summed E-state index contributed by atoms with van der Waals surface area (Å²) in [4.78, 5) is 0. The summed E-state index contributed by atoms with van der Waals surface area (Å²) in [6, 6.07) is 5.03. The molecule has 1 saturated carbocycles. The van der Waals surface area contributed by atoms with Crippen LogP contribution >= 0.6 is 0 Å². The predicted octanol–water partition coefficient (Wildman–Crippen LogP) is 2.40. The van der Waals surface area contributed by atoms with Crippen molar-refractivity contribution < 1.29 is 0 Å². The Morgan fingerprint density at radius 2 is 2.33 bits per heavy atom. The normalized spacial score (nSPS) is 18.3. The number of hydrogen-bond acceptors (Lipinski definition) is 3. The Bertz CT molecular complexity index is 427. The second-order valence-corrected chi connectivity index (χ2v) is 5.52. The van der Waals surface area contributed by atoms with E-state index in [9.17, 15) is 5.26 Å². The smallest absolute Gasteiger partial charge is 0.104 e. The fourth-order valence-electron chi connectivity index (χ4n) is 2.21. The van der Waals surface area contributed by atoms with Crippen LogP contribution in [0.1, 0.15) is 44.7 Å². The van der Waals surface area contributed by atoms with Crippen LogP contribution in [0, 0.1) is 18.3 Å². The highest BCUT2D eigenvalue weighted by Gasteiger charge is 2.31. The first-order valence-corrected chi connectivity index (χ1v) is 6.80. The van der Waals surface area contributed by atoms with Gasteiger partial charge in [0.2, 0.25) is 0 Å². The number of aryl methyl sites for hydroxylation is 2. The van der Waals surface area contributed by atoms with E-state index in [2.05, 4.69) is 23.4 Å². The first kappa shape index (κ1) is 13.1. The number of unbranched alkanes of at least 4 members (excludes halogenated alkanes) is 1. The van der Waals surface area contributed by atoms with Gasteiger partial charge in [-0.15, -0.1) is 0 Å². The second-order valence-electron chi connectivity index (χ2n) is 5.52. The van der Waals surface area contributed by atoms with E-state index >= 15 is 0 Å². The maximum Gasteiger partial charge on any atom is 0.104 e. The Labute approximate surface area is 109 Å². The van der Waals surface area contributed by atoms with E-state index in [0.717, 1.165) is 25.8 Å². The standard InChI is InChI=1S/C14H22N4/c1-12-7-9-16-18(12)10-4-3-8-14(2,11-15)17-13-5-6-13/h7,9,13,17H,3-6,8,10H2,1-2H3. The molecule has 4 nitrogen and oxygen atoms in total. The largest absolute Gasteiger partial charge is 0.297 e. The quantitative estimate of drug-likeness (QED) is 0.752. The molecule has 0 bridgehead atoms. The van der Waals surface area contributed by atoms with Crippen LogP contribution in [0.5, 0.6) is 0 Å². The molecule has 1 N–H and O–H groups in total. The van der Waals surface area contributed by atoms with Gasteiger partial charge >= 0.3 is 0 Å². The number of hydrogen-bond donors (Lipinski definition) is 1. The summed E-state index contributed by atoms with van der Waals surface area (Å²) in [5.41, 5.74) is 0.856. The number of aromatic nitrogens is 2. The van der Waals surface area contributed by atoms with Gasteiger partial charge in [0.25, 0.3) is 0 Å².